The van der Waals surface area contributed by atoms with Crippen molar-refractivity contribution in [3.63, 3.8) is 0 Å². The SMILES string of the molecule is O=C1C(Cl)=C(Cl)C[C@]2(Cl)[C@H]3C=C[C@@H](C3)[C@]12Cl. The number of rotatable bonds is 0. The van der Waals surface area contributed by atoms with Crippen LogP contribution in [0.2, 0.25) is 0 Å². The van der Waals surface area contributed by atoms with Crippen LogP contribution in [0.4, 0.5) is 0 Å². The second-order valence-corrected chi connectivity index (χ2v) is 6.74. The van der Waals surface area contributed by atoms with Crippen molar-refractivity contribution < 1.29 is 4.79 Å². The van der Waals surface area contributed by atoms with Gasteiger partial charge < -0.3 is 0 Å². The minimum atomic E-state index is -1.11. The van der Waals surface area contributed by atoms with Crippen LogP contribution in [0.3, 0.4) is 0 Å². The predicted molar refractivity (Wildman–Crippen MR) is 66.3 cm³/mol. The molecule has 5 heteroatoms. The summed E-state index contributed by atoms with van der Waals surface area (Å²) in [5, 5.41) is 0.382. The number of hydrogen-bond donors (Lipinski definition) is 0. The smallest absolute Gasteiger partial charge is 0.198 e. The lowest BCUT2D eigenvalue weighted by Crippen LogP contribution is -2.57. The molecule has 0 saturated heterocycles. The van der Waals surface area contributed by atoms with Gasteiger partial charge in [0, 0.05) is 17.4 Å². The molecule has 3 rings (SSSR count). The molecular weight excluding hydrogens is 290 g/mol. The van der Waals surface area contributed by atoms with Crippen molar-refractivity contribution in [2.24, 2.45) is 11.8 Å². The lowest BCUT2D eigenvalue weighted by Gasteiger charge is -2.44. The number of allylic oxidation sites excluding steroid dienone is 4. The van der Waals surface area contributed by atoms with Crippen molar-refractivity contribution in [1.29, 1.82) is 0 Å². The normalized spacial score (nSPS) is 50.1. The molecular formula is C11H8Cl4O. The van der Waals surface area contributed by atoms with Crippen LogP contribution in [0.25, 0.3) is 0 Å². The van der Waals surface area contributed by atoms with E-state index in [-0.39, 0.29) is 22.7 Å². The van der Waals surface area contributed by atoms with Crippen LogP contribution in [0, 0.1) is 11.8 Å². The van der Waals surface area contributed by atoms with E-state index in [0.29, 0.717) is 11.5 Å². The maximum Gasteiger partial charge on any atom is 0.198 e. The molecule has 0 unspecified atom stereocenters. The quantitative estimate of drug-likeness (QED) is 0.491. The zero-order chi connectivity index (χ0) is 11.7. The van der Waals surface area contributed by atoms with E-state index in [4.69, 9.17) is 46.4 Å². The monoisotopic (exact) mass is 296 g/mol. The molecule has 3 aliphatic rings. The summed E-state index contributed by atoms with van der Waals surface area (Å²) in [5.74, 6) is -0.235. The van der Waals surface area contributed by atoms with Crippen LogP contribution in [-0.2, 0) is 4.79 Å². The maximum absolute atomic E-state index is 12.2. The number of ketones is 1. The molecule has 0 spiro atoms. The third kappa shape index (κ3) is 1.04. The highest BCUT2D eigenvalue weighted by Gasteiger charge is 2.70. The van der Waals surface area contributed by atoms with E-state index < -0.39 is 9.75 Å². The summed E-state index contributed by atoms with van der Waals surface area (Å²) < 4.78 is 0. The molecule has 1 saturated carbocycles. The van der Waals surface area contributed by atoms with Crippen LogP contribution in [-0.4, -0.2) is 15.5 Å². The minimum absolute atomic E-state index is 0.0253. The fourth-order valence-electron chi connectivity index (χ4n) is 3.11. The molecule has 16 heavy (non-hydrogen) atoms. The topological polar surface area (TPSA) is 17.1 Å². The predicted octanol–water partition coefficient (Wildman–Crippen LogP) is 3.81. The Morgan fingerprint density at radius 3 is 2.50 bits per heavy atom. The van der Waals surface area contributed by atoms with Gasteiger partial charge in [-0.3, -0.25) is 4.79 Å². The fraction of sp³-hybridized carbons (Fsp3) is 0.545. The summed E-state index contributed by atoms with van der Waals surface area (Å²) in [6.07, 6.45) is 5.19. The summed E-state index contributed by atoms with van der Waals surface area (Å²) >= 11 is 25.0. The van der Waals surface area contributed by atoms with Gasteiger partial charge >= 0.3 is 0 Å². The van der Waals surface area contributed by atoms with Crippen LogP contribution >= 0.6 is 46.4 Å². The Morgan fingerprint density at radius 2 is 1.81 bits per heavy atom. The first-order chi connectivity index (χ1) is 7.41. The second-order valence-electron chi connectivity index (χ2n) is 4.63. The largest absolute Gasteiger partial charge is 0.291 e. The third-order valence-corrected chi connectivity index (χ3v) is 6.38. The second kappa shape index (κ2) is 3.20. The molecule has 0 amide bonds. The fourth-order valence-corrected chi connectivity index (χ4v) is 4.73. The average molecular weight is 298 g/mol. The first-order valence-electron chi connectivity index (χ1n) is 5.06. The van der Waals surface area contributed by atoms with Crippen LogP contribution < -0.4 is 0 Å². The molecule has 0 aromatic heterocycles. The Labute approximate surface area is 113 Å². The highest BCUT2D eigenvalue weighted by atomic mass is 35.5. The molecule has 0 heterocycles. The molecule has 0 aromatic carbocycles. The molecule has 0 radical (unpaired) electrons. The van der Waals surface area contributed by atoms with E-state index in [2.05, 4.69) is 0 Å². The summed E-state index contributed by atoms with van der Waals surface area (Å²) in [6, 6.07) is 0. The van der Waals surface area contributed by atoms with Gasteiger partial charge in [-0.25, -0.2) is 0 Å². The van der Waals surface area contributed by atoms with Crippen molar-refractivity contribution in [3.05, 3.63) is 22.2 Å². The zero-order valence-corrected chi connectivity index (χ0v) is 11.2. The van der Waals surface area contributed by atoms with Crippen molar-refractivity contribution >= 4 is 52.2 Å². The van der Waals surface area contributed by atoms with Gasteiger partial charge in [-0.1, -0.05) is 35.4 Å². The van der Waals surface area contributed by atoms with Crippen molar-refractivity contribution in [2.45, 2.75) is 22.6 Å². The van der Waals surface area contributed by atoms with Gasteiger partial charge in [0.15, 0.2) is 5.78 Å². The summed E-state index contributed by atoms with van der Waals surface area (Å²) in [4.78, 5) is 10.3. The van der Waals surface area contributed by atoms with Gasteiger partial charge in [-0.15, -0.1) is 23.2 Å². The van der Waals surface area contributed by atoms with E-state index >= 15 is 0 Å². The number of alkyl halides is 2. The Bertz CT molecular complexity index is 455. The average Bonchev–Trinajstić information content (AvgIpc) is 2.79. The van der Waals surface area contributed by atoms with E-state index in [0.717, 1.165) is 6.42 Å². The molecule has 1 fully saturated rings. The highest BCUT2D eigenvalue weighted by molar-refractivity contribution is 6.57. The Kier molecular flexibility index (Phi) is 2.28. The van der Waals surface area contributed by atoms with Crippen LogP contribution in [0.1, 0.15) is 12.8 Å². The Hall–Kier alpha value is 0.310. The highest BCUT2D eigenvalue weighted by Crippen LogP contribution is 2.65. The van der Waals surface area contributed by atoms with Gasteiger partial charge in [0.2, 0.25) is 0 Å². The zero-order valence-electron chi connectivity index (χ0n) is 8.14. The maximum atomic E-state index is 12.2. The standard InChI is InChI=1S/C11H8Cl4O/c12-7-4-10(14)5-1-2-6(3-5)11(10,15)9(16)8(7)13/h1-2,5-6H,3-4H2/t5-,6-,10-,11-/m0/s1. The molecule has 0 aromatic rings. The summed E-state index contributed by atoms with van der Waals surface area (Å²) in [6.45, 7) is 0. The molecule has 1 nitrogen and oxygen atoms in total. The number of Topliss-reactive ketones (excluding diaryl/α,β-unsaturated/α-hetero) is 1. The number of hydrogen-bond acceptors (Lipinski definition) is 1. The Balaban J connectivity index is 2.22. The van der Waals surface area contributed by atoms with Crippen LogP contribution in [0.15, 0.2) is 22.2 Å². The molecule has 0 N–H and O–H groups in total. The molecule has 2 bridgehead atoms. The number of fused-ring (bicyclic) bond motifs is 5. The van der Waals surface area contributed by atoms with Gasteiger partial charge in [0.25, 0.3) is 0 Å². The van der Waals surface area contributed by atoms with Crippen molar-refractivity contribution in [1.82, 2.24) is 0 Å². The summed E-state index contributed by atoms with van der Waals surface area (Å²) in [7, 11) is 0. The first kappa shape index (κ1) is 11.4. The lowest BCUT2D eigenvalue weighted by atomic mass is 9.73. The first-order valence-corrected chi connectivity index (χ1v) is 6.57. The van der Waals surface area contributed by atoms with Gasteiger partial charge in [0.1, 0.15) is 9.91 Å². The minimum Gasteiger partial charge on any atom is -0.291 e. The number of carbonyl (C=O) groups is 1. The lowest BCUT2D eigenvalue weighted by molar-refractivity contribution is -0.119. The van der Waals surface area contributed by atoms with Crippen LogP contribution in [0.5, 0.6) is 0 Å². The van der Waals surface area contributed by atoms with Crippen molar-refractivity contribution in [2.75, 3.05) is 0 Å². The Morgan fingerprint density at radius 1 is 1.19 bits per heavy atom. The van der Waals surface area contributed by atoms with E-state index in [1.165, 1.54) is 0 Å². The van der Waals surface area contributed by atoms with E-state index in [9.17, 15) is 4.79 Å². The molecule has 4 atom stereocenters. The number of halogens is 4. The molecule has 3 aliphatic carbocycles. The third-order valence-electron chi connectivity index (χ3n) is 3.97. The van der Waals surface area contributed by atoms with E-state index in [1.54, 1.807) is 0 Å². The van der Waals surface area contributed by atoms with Gasteiger partial charge in [-0.05, 0) is 12.3 Å². The van der Waals surface area contributed by atoms with Gasteiger partial charge in [0.05, 0.1) is 4.87 Å². The number of carbonyl (C=O) groups excluding carboxylic acids is 1. The van der Waals surface area contributed by atoms with E-state index in [1.807, 2.05) is 12.2 Å². The van der Waals surface area contributed by atoms with Crippen molar-refractivity contribution in [3.8, 4) is 0 Å². The van der Waals surface area contributed by atoms with Gasteiger partial charge in [-0.2, -0.15) is 0 Å². The molecule has 86 valence electrons. The summed E-state index contributed by atoms with van der Waals surface area (Å²) in [5.41, 5.74) is 0. The molecule has 0 aliphatic heterocycles.